The minimum atomic E-state index is 0.114. The van der Waals surface area contributed by atoms with Crippen LogP contribution < -0.4 is 5.32 Å². The molecule has 0 bridgehead atoms. The zero-order valence-electron chi connectivity index (χ0n) is 11.8. The minimum absolute atomic E-state index is 0.114. The molecule has 5 nitrogen and oxygen atoms in total. The van der Waals surface area contributed by atoms with E-state index in [1.165, 1.54) is 11.1 Å². The molecule has 1 atom stereocenters. The zero-order chi connectivity index (χ0) is 14.2. The van der Waals surface area contributed by atoms with E-state index in [2.05, 4.69) is 44.5 Å². The topological polar surface area (TPSA) is 62.8 Å². The third kappa shape index (κ3) is 2.15. The molecule has 21 heavy (non-hydrogen) atoms. The van der Waals surface area contributed by atoms with Crippen LogP contribution in [0.15, 0.2) is 36.7 Å². The monoisotopic (exact) mass is 280 g/mol. The highest BCUT2D eigenvalue weighted by Gasteiger charge is 2.21. The highest BCUT2D eigenvalue weighted by Crippen LogP contribution is 2.29. The molecule has 3 heterocycles. The molecule has 2 aromatic heterocycles. The predicted octanol–water partition coefficient (Wildman–Crippen LogP) is 2.95. The number of aromatic amines is 1. The van der Waals surface area contributed by atoms with Crippen LogP contribution in [-0.2, 0) is 11.3 Å². The Morgan fingerprint density at radius 2 is 2.19 bits per heavy atom. The molecule has 0 amide bonds. The van der Waals surface area contributed by atoms with E-state index in [9.17, 15) is 0 Å². The summed E-state index contributed by atoms with van der Waals surface area (Å²) in [4.78, 5) is 11.9. The van der Waals surface area contributed by atoms with Crippen molar-refractivity contribution >= 4 is 16.9 Å². The van der Waals surface area contributed by atoms with Gasteiger partial charge in [-0.3, -0.25) is 0 Å². The number of aromatic nitrogens is 3. The van der Waals surface area contributed by atoms with E-state index in [1.807, 2.05) is 13.0 Å². The van der Waals surface area contributed by atoms with Crippen molar-refractivity contribution < 1.29 is 4.74 Å². The molecule has 0 radical (unpaired) electrons. The van der Waals surface area contributed by atoms with Crippen molar-refractivity contribution in [2.45, 2.75) is 19.6 Å². The first-order valence-corrected chi connectivity index (χ1v) is 7.03. The van der Waals surface area contributed by atoms with E-state index < -0.39 is 0 Å². The summed E-state index contributed by atoms with van der Waals surface area (Å²) >= 11 is 0. The van der Waals surface area contributed by atoms with E-state index in [1.54, 1.807) is 6.33 Å². The fourth-order valence-electron chi connectivity index (χ4n) is 2.85. The number of aryl methyl sites for hydroxylation is 1. The molecular weight excluding hydrogens is 264 g/mol. The summed E-state index contributed by atoms with van der Waals surface area (Å²) in [6.07, 6.45) is 1.58. The van der Waals surface area contributed by atoms with Crippen molar-refractivity contribution in [1.29, 1.82) is 0 Å². The number of rotatable bonds is 2. The van der Waals surface area contributed by atoms with Crippen molar-refractivity contribution in [3.05, 3.63) is 53.5 Å². The van der Waals surface area contributed by atoms with Crippen LogP contribution in [0.3, 0.4) is 0 Å². The van der Waals surface area contributed by atoms with Crippen LogP contribution in [0, 0.1) is 6.92 Å². The van der Waals surface area contributed by atoms with Crippen LogP contribution in [-0.4, -0.2) is 21.6 Å². The lowest BCUT2D eigenvalue weighted by molar-refractivity contribution is 0.0969. The van der Waals surface area contributed by atoms with Crippen molar-refractivity contribution in [3.63, 3.8) is 0 Å². The molecule has 0 saturated carbocycles. The normalized spacial score (nSPS) is 17.7. The Kier molecular flexibility index (Phi) is 2.86. The van der Waals surface area contributed by atoms with Crippen molar-refractivity contribution in [3.8, 4) is 0 Å². The molecule has 0 spiro atoms. The van der Waals surface area contributed by atoms with E-state index in [-0.39, 0.29) is 6.04 Å². The first-order valence-electron chi connectivity index (χ1n) is 7.03. The van der Waals surface area contributed by atoms with Gasteiger partial charge in [0, 0.05) is 5.69 Å². The van der Waals surface area contributed by atoms with Gasteiger partial charge in [-0.2, -0.15) is 0 Å². The van der Waals surface area contributed by atoms with Gasteiger partial charge in [-0.15, -0.1) is 0 Å². The second-order valence-corrected chi connectivity index (χ2v) is 5.35. The molecule has 1 aliphatic rings. The third-order valence-electron chi connectivity index (χ3n) is 3.84. The van der Waals surface area contributed by atoms with Gasteiger partial charge in [0.15, 0.2) is 0 Å². The van der Waals surface area contributed by atoms with Gasteiger partial charge in [-0.1, -0.05) is 24.3 Å². The standard InChI is InChI=1S/C16H16N4O/c1-10-6-13-15(19-10)17-9-18-16(13)20-14-8-21-7-11-4-2-3-5-12(11)14/h2-6,9,14H,7-8H2,1H3,(H2,17,18,19,20). The largest absolute Gasteiger partial charge is 0.374 e. The van der Waals surface area contributed by atoms with E-state index in [4.69, 9.17) is 4.74 Å². The fourth-order valence-corrected chi connectivity index (χ4v) is 2.85. The van der Waals surface area contributed by atoms with Crippen molar-refractivity contribution in [1.82, 2.24) is 15.0 Å². The molecule has 0 saturated heterocycles. The third-order valence-corrected chi connectivity index (χ3v) is 3.84. The first kappa shape index (κ1) is 12.3. The maximum atomic E-state index is 5.68. The summed E-state index contributed by atoms with van der Waals surface area (Å²) in [5.41, 5.74) is 4.45. The summed E-state index contributed by atoms with van der Waals surface area (Å²) in [7, 11) is 0. The molecule has 2 N–H and O–H groups in total. The van der Waals surface area contributed by atoms with Crippen molar-refractivity contribution in [2.75, 3.05) is 11.9 Å². The highest BCUT2D eigenvalue weighted by molar-refractivity contribution is 5.87. The van der Waals surface area contributed by atoms with Crippen LogP contribution in [0.5, 0.6) is 0 Å². The van der Waals surface area contributed by atoms with Gasteiger partial charge in [0.2, 0.25) is 0 Å². The molecule has 0 fully saturated rings. The molecule has 1 aromatic carbocycles. The number of nitrogens with one attached hydrogen (secondary N) is 2. The molecule has 4 rings (SSSR count). The number of H-pyrrole nitrogens is 1. The Morgan fingerprint density at radius 3 is 3.14 bits per heavy atom. The van der Waals surface area contributed by atoms with Crippen LogP contribution in [0.1, 0.15) is 22.9 Å². The number of fused-ring (bicyclic) bond motifs is 2. The summed E-state index contributed by atoms with van der Waals surface area (Å²) in [5, 5.41) is 4.51. The molecule has 1 aliphatic heterocycles. The van der Waals surface area contributed by atoms with Crippen molar-refractivity contribution in [2.24, 2.45) is 0 Å². The Balaban J connectivity index is 1.73. The Morgan fingerprint density at radius 1 is 1.29 bits per heavy atom. The van der Waals surface area contributed by atoms with Crippen LogP contribution in [0.2, 0.25) is 0 Å². The SMILES string of the molecule is Cc1cc2c(NC3COCc4ccccc43)ncnc2[nH]1. The lowest BCUT2D eigenvalue weighted by atomic mass is 9.99. The van der Waals surface area contributed by atoms with Gasteiger partial charge in [-0.25, -0.2) is 9.97 Å². The Bertz CT molecular complexity index is 796. The smallest absolute Gasteiger partial charge is 0.143 e. The molecule has 0 aliphatic carbocycles. The predicted molar refractivity (Wildman–Crippen MR) is 81.1 cm³/mol. The van der Waals surface area contributed by atoms with E-state index >= 15 is 0 Å². The maximum Gasteiger partial charge on any atom is 0.143 e. The minimum Gasteiger partial charge on any atom is -0.374 e. The van der Waals surface area contributed by atoms with E-state index in [0.29, 0.717) is 13.2 Å². The summed E-state index contributed by atoms with van der Waals surface area (Å²) in [6, 6.07) is 10.5. The van der Waals surface area contributed by atoms with Gasteiger partial charge in [0.25, 0.3) is 0 Å². The summed E-state index contributed by atoms with van der Waals surface area (Å²) in [6.45, 7) is 3.34. The van der Waals surface area contributed by atoms with Gasteiger partial charge in [0.05, 0.1) is 24.6 Å². The number of anilines is 1. The second-order valence-electron chi connectivity index (χ2n) is 5.35. The highest BCUT2D eigenvalue weighted by atomic mass is 16.5. The van der Waals surface area contributed by atoms with Crippen LogP contribution in [0.4, 0.5) is 5.82 Å². The van der Waals surface area contributed by atoms with Gasteiger partial charge >= 0.3 is 0 Å². The molecule has 106 valence electrons. The average Bonchev–Trinajstić information content (AvgIpc) is 2.89. The first-order chi connectivity index (χ1) is 10.3. The lowest BCUT2D eigenvalue weighted by Crippen LogP contribution is -2.23. The number of nitrogens with zero attached hydrogens (tertiary/aromatic N) is 2. The fraction of sp³-hybridized carbons (Fsp3) is 0.250. The summed E-state index contributed by atoms with van der Waals surface area (Å²) in [5.74, 6) is 0.842. The second kappa shape index (κ2) is 4.86. The van der Waals surface area contributed by atoms with Gasteiger partial charge in [-0.05, 0) is 24.1 Å². The Labute approximate surface area is 122 Å². The zero-order valence-corrected chi connectivity index (χ0v) is 11.8. The van der Waals surface area contributed by atoms with E-state index in [0.717, 1.165) is 22.5 Å². The van der Waals surface area contributed by atoms with Gasteiger partial charge < -0.3 is 15.0 Å². The number of benzene rings is 1. The average molecular weight is 280 g/mol. The van der Waals surface area contributed by atoms with Gasteiger partial charge in [0.1, 0.15) is 17.8 Å². The molecule has 5 heteroatoms. The summed E-state index contributed by atoms with van der Waals surface area (Å²) < 4.78 is 5.68. The quantitative estimate of drug-likeness (QED) is 0.757. The molecular formula is C16H16N4O. The number of hydrogen-bond acceptors (Lipinski definition) is 4. The molecule has 1 unspecified atom stereocenters. The van der Waals surface area contributed by atoms with Crippen LogP contribution >= 0.6 is 0 Å². The Hall–Kier alpha value is -2.40. The lowest BCUT2D eigenvalue weighted by Gasteiger charge is -2.27. The maximum absolute atomic E-state index is 5.68. The molecule has 3 aromatic rings. The van der Waals surface area contributed by atoms with Crippen LogP contribution in [0.25, 0.3) is 11.0 Å². The number of ether oxygens (including phenoxy) is 1. The number of hydrogen-bond donors (Lipinski definition) is 2.